The van der Waals surface area contributed by atoms with Crippen LogP contribution in [0.5, 0.6) is 0 Å². The molecule has 0 atom stereocenters. The third-order valence-corrected chi connectivity index (χ3v) is 2.79. The van der Waals surface area contributed by atoms with Gasteiger partial charge in [0.1, 0.15) is 0 Å². The van der Waals surface area contributed by atoms with Crippen LogP contribution in [0.3, 0.4) is 0 Å². The van der Waals surface area contributed by atoms with Crippen molar-refractivity contribution >= 4 is 45.0 Å². The molecule has 1 N–H and O–H groups in total. The van der Waals surface area contributed by atoms with Crippen LogP contribution in [0.15, 0.2) is 49.0 Å². The Hall–Kier alpha value is -1.50. The largest absolute Gasteiger partial charge is 0.354 e. The molecule has 0 bridgehead atoms. The third kappa shape index (κ3) is 1.47. The van der Waals surface area contributed by atoms with Crippen molar-refractivity contribution in [3.05, 3.63) is 54.6 Å². The van der Waals surface area contributed by atoms with Crippen molar-refractivity contribution in [2.75, 3.05) is 0 Å². The van der Waals surface area contributed by atoms with Gasteiger partial charge in [0.2, 0.25) is 0 Å². The summed E-state index contributed by atoms with van der Waals surface area (Å²) >= 11 is 0. The second-order valence-corrected chi connectivity index (χ2v) is 3.64. The zero-order valence-electron chi connectivity index (χ0n) is 8.73. The standard InChI is InChI=1S/C14H11N.Se/c1-2-10-6-5-8-12-11-7-3-4-9-13(11)15-14(10)12;/h2-9,15H,1H2;. The number of para-hydroxylation sites is 2. The molecule has 1 heterocycles. The maximum absolute atomic E-state index is 3.83. The number of benzene rings is 2. The molecule has 0 saturated carbocycles. The Morgan fingerprint density at radius 2 is 1.69 bits per heavy atom. The van der Waals surface area contributed by atoms with E-state index in [0.717, 1.165) is 5.56 Å². The van der Waals surface area contributed by atoms with Gasteiger partial charge in [-0.15, -0.1) is 0 Å². The Labute approximate surface area is 105 Å². The molecule has 0 aliphatic rings. The molecule has 0 aliphatic carbocycles. The molecule has 3 aromatic rings. The Kier molecular flexibility index (Phi) is 2.86. The molecule has 2 radical (unpaired) electrons. The van der Waals surface area contributed by atoms with E-state index in [0.29, 0.717) is 0 Å². The Bertz CT molecular complexity index is 652. The maximum atomic E-state index is 3.83. The van der Waals surface area contributed by atoms with E-state index >= 15 is 0 Å². The van der Waals surface area contributed by atoms with Gasteiger partial charge in [0.05, 0.1) is 5.52 Å². The van der Waals surface area contributed by atoms with Crippen LogP contribution in [0.2, 0.25) is 0 Å². The fraction of sp³-hybridized carbons (Fsp3) is 0. The average Bonchev–Trinajstić information content (AvgIpc) is 2.67. The van der Waals surface area contributed by atoms with Crippen molar-refractivity contribution in [2.24, 2.45) is 0 Å². The van der Waals surface area contributed by atoms with E-state index in [-0.39, 0.29) is 17.1 Å². The summed E-state index contributed by atoms with van der Waals surface area (Å²) in [5, 5.41) is 2.54. The monoisotopic (exact) mass is 273 g/mol. The van der Waals surface area contributed by atoms with Crippen LogP contribution in [-0.4, -0.2) is 22.1 Å². The van der Waals surface area contributed by atoms with Gasteiger partial charge in [-0.05, 0) is 11.6 Å². The average molecular weight is 272 g/mol. The fourth-order valence-electron chi connectivity index (χ4n) is 2.07. The van der Waals surface area contributed by atoms with E-state index < -0.39 is 0 Å². The SMILES string of the molecule is C=Cc1cccc2c1[nH]c1ccccc12.[Se]. The van der Waals surface area contributed by atoms with Gasteiger partial charge >= 0.3 is 0 Å². The van der Waals surface area contributed by atoms with Gasteiger partial charge in [-0.1, -0.05) is 49.1 Å². The summed E-state index contributed by atoms with van der Waals surface area (Å²) in [4.78, 5) is 3.43. The first-order chi connectivity index (χ1) is 7.40. The first-order valence-electron chi connectivity index (χ1n) is 5.02. The van der Waals surface area contributed by atoms with Crippen molar-refractivity contribution in [3.8, 4) is 0 Å². The third-order valence-electron chi connectivity index (χ3n) is 2.79. The van der Waals surface area contributed by atoms with Crippen LogP contribution < -0.4 is 0 Å². The number of aromatic amines is 1. The van der Waals surface area contributed by atoms with Crippen LogP contribution in [-0.2, 0) is 0 Å². The van der Waals surface area contributed by atoms with Gasteiger partial charge in [0.25, 0.3) is 0 Å². The quantitative estimate of drug-likeness (QED) is 0.652. The Morgan fingerprint density at radius 3 is 2.50 bits per heavy atom. The van der Waals surface area contributed by atoms with Crippen LogP contribution in [0.1, 0.15) is 5.56 Å². The molecule has 78 valence electrons. The minimum atomic E-state index is 0. The molecule has 0 amide bonds. The summed E-state index contributed by atoms with van der Waals surface area (Å²) in [5.41, 5.74) is 3.51. The summed E-state index contributed by atoms with van der Waals surface area (Å²) < 4.78 is 0. The van der Waals surface area contributed by atoms with E-state index in [1.165, 1.54) is 21.8 Å². The van der Waals surface area contributed by atoms with Crippen LogP contribution in [0.25, 0.3) is 27.9 Å². The molecular weight excluding hydrogens is 261 g/mol. The van der Waals surface area contributed by atoms with Crippen LogP contribution >= 0.6 is 0 Å². The molecule has 16 heavy (non-hydrogen) atoms. The molecule has 1 aromatic heterocycles. The van der Waals surface area contributed by atoms with Gasteiger partial charge in [-0.2, -0.15) is 0 Å². The first kappa shape index (κ1) is 11.0. The molecule has 2 heteroatoms. The van der Waals surface area contributed by atoms with E-state index in [2.05, 4.69) is 48.0 Å². The predicted octanol–water partition coefficient (Wildman–Crippen LogP) is 3.58. The Balaban J connectivity index is 0.000000963. The number of rotatable bonds is 1. The number of nitrogens with one attached hydrogen (secondary N) is 1. The number of aromatic nitrogens is 1. The maximum Gasteiger partial charge on any atom is 0.0538 e. The molecule has 0 fully saturated rings. The normalized spacial score (nSPS) is 10.2. The minimum Gasteiger partial charge on any atom is -0.354 e. The summed E-state index contributed by atoms with van der Waals surface area (Å²) in [6.45, 7) is 3.83. The van der Waals surface area contributed by atoms with Crippen LogP contribution in [0.4, 0.5) is 0 Å². The molecule has 0 unspecified atom stereocenters. The Morgan fingerprint density at radius 1 is 0.938 bits per heavy atom. The van der Waals surface area contributed by atoms with E-state index in [1.54, 1.807) is 0 Å². The van der Waals surface area contributed by atoms with Crippen molar-refractivity contribution in [2.45, 2.75) is 0 Å². The second kappa shape index (κ2) is 4.17. The van der Waals surface area contributed by atoms with Crippen molar-refractivity contribution in [3.63, 3.8) is 0 Å². The summed E-state index contributed by atoms with van der Waals surface area (Å²) in [5.74, 6) is 0. The number of fused-ring (bicyclic) bond motifs is 3. The van der Waals surface area contributed by atoms with Crippen LogP contribution in [0, 0.1) is 0 Å². The first-order valence-corrected chi connectivity index (χ1v) is 5.02. The van der Waals surface area contributed by atoms with Crippen molar-refractivity contribution < 1.29 is 0 Å². The molecule has 0 saturated heterocycles. The molecule has 1 nitrogen and oxygen atoms in total. The zero-order chi connectivity index (χ0) is 10.3. The van der Waals surface area contributed by atoms with Crippen molar-refractivity contribution in [1.82, 2.24) is 4.98 Å². The van der Waals surface area contributed by atoms with Gasteiger partial charge < -0.3 is 4.98 Å². The predicted molar refractivity (Wildman–Crippen MR) is 71.6 cm³/mol. The van der Waals surface area contributed by atoms with Gasteiger partial charge in [0, 0.05) is 33.4 Å². The molecule has 0 spiro atoms. The minimum absolute atomic E-state index is 0. The van der Waals surface area contributed by atoms with Crippen molar-refractivity contribution in [1.29, 1.82) is 0 Å². The van der Waals surface area contributed by atoms with Gasteiger partial charge in [0.15, 0.2) is 0 Å². The van der Waals surface area contributed by atoms with E-state index in [1.807, 2.05) is 12.1 Å². The fourth-order valence-corrected chi connectivity index (χ4v) is 2.07. The summed E-state index contributed by atoms with van der Waals surface area (Å²) in [6.07, 6.45) is 1.89. The number of H-pyrrole nitrogens is 1. The van der Waals surface area contributed by atoms with Gasteiger partial charge in [-0.25, -0.2) is 0 Å². The topological polar surface area (TPSA) is 15.8 Å². The van der Waals surface area contributed by atoms with Gasteiger partial charge in [-0.3, -0.25) is 0 Å². The summed E-state index contributed by atoms with van der Waals surface area (Å²) in [6, 6.07) is 14.6. The zero-order valence-corrected chi connectivity index (χ0v) is 10.4. The molecule has 0 aliphatic heterocycles. The molecule has 2 aromatic carbocycles. The van der Waals surface area contributed by atoms with E-state index in [9.17, 15) is 0 Å². The number of hydrogen-bond acceptors (Lipinski definition) is 0. The van der Waals surface area contributed by atoms with E-state index in [4.69, 9.17) is 0 Å². The number of hydrogen-bond donors (Lipinski definition) is 1. The smallest absolute Gasteiger partial charge is 0.0538 e. The molecule has 3 rings (SSSR count). The summed E-state index contributed by atoms with van der Waals surface area (Å²) in [7, 11) is 0. The molecular formula is C14H11NSe. The second-order valence-electron chi connectivity index (χ2n) is 3.64.